The number of nitrogens with zero attached hydrogens (tertiary/aromatic N) is 2. The summed E-state index contributed by atoms with van der Waals surface area (Å²) in [5.41, 5.74) is 1.34. The van der Waals surface area contributed by atoms with Gasteiger partial charge >= 0.3 is 5.97 Å². The van der Waals surface area contributed by atoms with Crippen molar-refractivity contribution in [3.8, 4) is 0 Å². The number of likely N-dealkylation sites (N-methyl/N-ethyl adjacent to an activating group) is 1. The Balaban J connectivity index is 2.17. The molecular formula is C13H16N2O4. The number of carbonyl (C=O) groups is 2. The summed E-state index contributed by atoms with van der Waals surface area (Å²) in [6.45, 7) is 2.24. The number of aliphatic carboxylic acids is 1. The molecular weight excluding hydrogens is 248 g/mol. The fourth-order valence-electron chi connectivity index (χ4n) is 2.19. The largest absolute Gasteiger partial charge is 0.481 e. The van der Waals surface area contributed by atoms with Crippen molar-refractivity contribution in [1.29, 1.82) is 0 Å². The average Bonchev–Trinajstić information content (AvgIpc) is 2.86. The molecule has 2 atom stereocenters. The number of rotatable bonds is 3. The SMILES string of the molecule is Cc1cncc(C(=O)N(C)C2COCC2C(=O)O)c1. The van der Waals surface area contributed by atoms with Crippen LogP contribution in [0.2, 0.25) is 0 Å². The van der Waals surface area contributed by atoms with Crippen LogP contribution < -0.4 is 0 Å². The summed E-state index contributed by atoms with van der Waals surface area (Å²) in [5.74, 6) is -1.85. The molecule has 6 nitrogen and oxygen atoms in total. The van der Waals surface area contributed by atoms with E-state index in [-0.39, 0.29) is 19.1 Å². The number of carbonyl (C=O) groups excluding carboxylic acids is 1. The quantitative estimate of drug-likeness (QED) is 0.863. The highest BCUT2D eigenvalue weighted by molar-refractivity contribution is 5.94. The third kappa shape index (κ3) is 2.73. The second kappa shape index (κ2) is 5.36. The van der Waals surface area contributed by atoms with Crippen LogP contribution in [-0.2, 0) is 9.53 Å². The van der Waals surface area contributed by atoms with Crippen molar-refractivity contribution in [2.75, 3.05) is 20.3 Å². The van der Waals surface area contributed by atoms with Gasteiger partial charge in [0.15, 0.2) is 0 Å². The maximum atomic E-state index is 12.3. The molecule has 1 N–H and O–H groups in total. The van der Waals surface area contributed by atoms with E-state index in [2.05, 4.69) is 4.98 Å². The summed E-state index contributed by atoms with van der Waals surface area (Å²) in [6, 6.07) is 1.29. The zero-order valence-electron chi connectivity index (χ0n) is 10.9. The molecule has 0 aromatic carbocycles. The van der Waals surface area contributed by atoms with Gasteiger partial charge in [0, 0.05) is 19.4 Å². The molecule has 1 aromatic heterocycles. The predicted molar refractivity (Wildman–Crippen MR) is 66.8 cm³/mol. The number of hydrogen-bond donors (Lipinski definition) is 1. The number of hydrogen-bond acceptors (Lipinski definition) is 4. The van der Waals surface area contributed by atoms with Crippen LogP contribution in [0.1, 0.15) is 15.9 Å². The van der Waals surface area contributed by atoms with Crippen LogP contribution in [0.4, 0.5) is 0 Å². The lowest BCUT2D eigenvalue weighted by Gasteiger charge is -2.26. The van der Waals surface area contributed by atoms with E-state index in [1.54, 1.807) is 19.3 Å². The van der Waals surface area contributed by atoms with Crippen molar-refractivity contribution in [2.24, 2.45) is 5.92 Å². The standard InChI is InChI=1S/C13H16N2O4/c1-8-3-9(5-14-4-8)12(16)15(2)11-7-19-6-10(11)13(17)18/h3-5,10-11H,6-7H2,1-2H3,(H,17,18). The Hall–Kier alpha value is -1.95. The minimum absolute atomic E-state index is 0.143. The fourth-order valence-corrected chi connectivity index (χ4v) is 2.19. The second-order valence-electron chi connectivity index (χ2n) is 4.72. The van der Waals surface area contributed by atoms with E-state index in [9.17, 15) is 9.59 Å². The minimum atomic E-state index is -0.940. The topological polar surface area (TPSA) is 79.7 Å². The minimum Gasteiger partial charge on any atom is -0.481 e. The highest BCUT2D eigenvalue weighted by Gasteiger charge is 2.38. The molecule has 102 valence electrons. The van der Waals surface area contributed by atoms with E-state index in [1.165, 1.54) is 11.1 Å². The van der Waals surface area contributed by atoms with Gasteiger partial charge in [-0.25, -0.2) is 0 Å². The van der Waals surface area contributed by atoms with E-state index in [4.69, 9.17) is 9.84 Å². The predicted octanol–water partition coefficient (Wildman–Crippen LogP) is 0.562. The Morgan fingerprint density at radius 3 is 2.79 bits per heavy atom. The molecule has 0 saturated carbocycles. The Labute approximate surface area is 111 Å². The van der Waals surface area contributed by atoms with Crippen LogP contribution in [-0.4, -0.2) is 53.2 Å². The zero-order valence-corrected chi connectivity index (χ0v) is 10.9. The van der Waals surface area contributed by atoms with E-state index in [1.807, 2.05) is 6.92 Å². The molecule has 0 radical (unpaired) electrons. The normalized spacial score (nSPS) is 22.2. The van der Waals surface area contributed by atoms with Crippen LogP contribution in [0.3, 0.4) is 0 Å². The van der Waals surface area contributed by atoms with E-state index >= 15 is 0 Å². The molecule has 0 bridgehead atoms. The second-order valence-corrected chi connectivity index (χ2v) is 4.72. The van der Waals surface area contributed by atoms with E-state index in [0.29, 0.717) is 5.56 Å². The van der Waals surface area contributed by atoms with Gasteiger partial charge in [-0.05, 0) is 18.6 Å². The molecule has 0 spiro atoms. The number of carboxylic acid groups (broad SMARTS) is 1. The highest BCUT2D eigenvalue weighted by Crippen LogP contribution is 2.20. The van der Waals surface area contributed by atoms with Gasteiger partial charge in [0.25, 0.3) is 5.91 Å². The van der Waals surface area contributed by atoms with Crippen LogP contribution in [0.5, 0.6) is 0 Å². The summed E-state index contributed by atoms with van der Waals surface area (Å²) in [6.07, 6.45) is 3.15. The van der Waals surface area contributed by atoms with Crippen LogP contribution >= 0.6 is 0 Å². The van der Waals surface area contributed by atoms with Gasteiger partial charge in [-0.2, -0.15) is 0 Å². The molecule has 1 aliphatic heterocycles. The number of aromatic nitrogens is 1. The van der Waals surface area contributed by atoms with Crippen molar-refractivity contribution in [3.63, 3.8) is 0 Å². The lowest BCUT2D eigenvalue weighted by atomic mass is 10.0. The van der Waals surface area contributed by atoms with Gasteiger partial charge in [0.2, 0.25) is 0 Å². The van der Waals surface area contributed by atoms with Crippen LogP contribution in [0.25, 0.3) is 0 Å². The van der Waals surface area contributed by atoms with Gasteiger partial charge in [0.1, 0.15) is 5.92 Å². The first kappa shape index (κ1) is 13.5. The van der Waals surface area contributed by atoms with Crippen molar-refractivity contribution in [2.45, 2.75) is 13.0 Å². The molecule has 19 heavy (non-hydrogen) atoms. The smallest absolute Gasteiger partial charge is 0.311 e. The molecule has 1 saturated heterocycles. The monoisotopic (exact) mass is 264 g/mol. The third-order valence-corrected chi connectivity index (χ3v) is 3.31. The first-order valence-electron chi connectivity index (χ1n) is 6.00. The fraction of sp³-hybridized carbons (Fsp3) is 0.462. The maximum absolute atomic E-state index is 12.3. The van der Waals surface area contributed by atoms with E-state index in [0.717, 1.165) is 5.56 Å². The lowest BCUT2D eigenvalue weighted by molar-refractivity contribution is -0.142. The molecule has 6 heteroatoms. The lowest BCUT2D eigenvalue weighted by Crippen LogP contribution is -2.44. The molecule has 2 rings (SSSR count). The molecule has 0 aliphatic carbocycles. The van der Waals surface area contributed by atoms with Gasteiger partial charge in [0.05, 0.1) is 24.8 Å². The van der Waals surface area contributed by atoms with Crippen molar-refractivity contribution in [3.05, 3.63) is 29.6 Å². The van der Waals surface area contributed by atoms with Gasteiger partial charge in [-0.15, -0.1) is 0 Å². The summed E-state index contributed by atoms with van der Waals surface area (Å²) < 4.78 is 5.17. The van der Waals surface area contributed by atoms with E-state index < -0.39 is 17.9 Å². The molecule has 1 fully saturated rings. The highest BCUT2D eigenvalue weighted by atomic mass is 16.5. The molecule has 1 aliphatic rings. The first-order valence-corrected chi connectivity index (χ1v) is 6.00. The Kier molecular flexibility index (Phi) is 3.80. The summed E-state index contributed by atoms with van der Waals surface area (Å²) in [7, 11) is 1.60. The van der Waals surface area contributed by atoms with Crippen LogP contribution in [0, 0.1) is 12.8 Å². The summed E-state index contributed by atoms with van der Waals surface area (Å²) in [4.78, 5) is 28.8. The third-order valence-electron chi connectivity index (χ3n) is 3.31. The number of aryl methyl sites for hydroxylation is 1. The zero-order chi connectivity index (χ0) is 14.0. The van der Waals surface area contributed by atoms with Crippen molar-refractivity contribution in [1.82, 2.24) is 9.88 Å². The van der Waals surface area contributed by atoms with Gasteiger partial charge in [-0.3, -0.25) is 14.6 Å². The van der Waals surface area contributed by atoms with Gasteiger partial charge < -0.3 is 14.7 Å². The summed E-state index contributed by atoms with van der Waals surface area (Å²) >= 11 is 0. The summed E-state index contributed by atoms with van der Waals surface area (Å²) in [5, 5.41) is 9.10. The molecule has 1 aromatic rings. The average molecular weight is 264 g/mol. The number of pyridine rings is 1. The Morgan fingerprint density at radius 2 is 2.16 bits per heavy atom. The Bertz CT molecular complexity index is 503. The van der Waals surface area contributed by atoms with Crippen molar-refractivity contribution >= 4 is 11.9 Å². The number of ether oxygens (including phenoxy) is 1. The Morgan fingerprint density at radius 1 is 1.42 bits per heavy atom. The van der Waals surface area contributed by atoms with Crippen LogP contribution in [0.15, 0.2) is 18.5 Å². The van der Waals surface area contributed by atoms with Crippen molar-refractivity contribution < 1.29 is 19.4 Å². The molecule has 1 amide bonds. The maximum Gasteiger partial charge on any atom is 0.311 e. The van der Waals surface area contributed by atoms with Gasteiger partial charge in [-0.1, -0.05) is 0 Å². The molecule has 2 unspecified atom stereocenters. The molecule has 2 heterocycles. The number of carboxylic acids is 1. The number of amides is 1. The first-order chi connectivity index (χ1) is 9.00.